The highest BCUT2D eigenvalue weighted by Gasteiger charge is 2.24. The zero-order valence-corrected chi connectivity index (χ0v) is 8.46. The van der Waals surface area contributed by atoms with Gasteiger partial charge in [-0.3, -0.25) is 4.79 Å². The maximum atomic E-state index is 10.6. The Hall–Kier alpha value is -0.940. The van der Waals surface area contributed by atoms with Gasteiger partial charge in [-0.1, -0.05) is 6.42 Å². The molecule has 0 radical (unpaired) electrons. The van der Waals surface area contributed by atoms with Crippen molar-refractivity contribution in [3.8, 4) is 0 Å². The predicted molar refractivity (Wildman–Crippen MR) is 53.3 cm³/mol. The number of rotatable bonds is 3. The molecule has 3 N–H and O–H groups in total. The molecule has 0 saturated heterocycles. The van der Waals surface area contributed by atoms with Crippen LogP contribution in [0.1, 0.15) is 41.9 Å². The molecule has 1 aromatic heterocycles. The third kappa shape index (κ3) is 1.65. The van der Waals surface area contributed by atoms with Gasteiger partial charge < -0.3 is 10.8 Å². The molecule has 5 heteroatoms. The van der Waals surface area contributed by atoms with E-state index in [2.05, 4.69) is 4.98 Å². The number of aliphatic carboxylic acids is 1. The number of carbonyl (C=O) groups is 1. The van der Waals surface area contributed by atoms with Gasteiger partial charge in [0.1, 0.15) is 5.01 Å². The summed E-state index contributed by atoms with van der Waals surface area (Å²) in [6.07, 6.45) is 3.60. The molecule has 76 valence electrons. The Labute approximate surface area is 85.8 Å². The molecule has 0 spiro atoms. The molecule has 1 fully saturated rings. The van der Waals surface area contributed by atoms with Crippen LogP contribution in [0.2, 0.25) is 0 Å². The molecule has 1 saturated carbocycles. The maximum Gasteiger partial charge on any atom is 0.327 e. The lowest BCUT2D eigenvalue weighted by Crippen LogP contribution is -2.20. The van der Waals surface area contributed by atoms with Crippen LogP contribution in [0.25, 0.3) is 0 Å². The first-order valence-corrected chi connectivity index (χ1v) is 5.50. The third-order valence-electron chi connectivity index (χ3n) is 2.60. The molecule has 1 aliphatic rings. The van der Waals surface area contributed by atoms with Crippen molar-refractivity contribution in [2.24, 2.45) is 5.73 Å². The van der Waals surface area contributed by atoms with Gasteiger partial charge >= 0.3 is 5.97 Å². The highest BCUT2D eigenvalue weighted by Crippen LogP contribution is 2.37. The van der Waals surface area contributed by atoms with Gasteiger partial charge in [-0.05, 0) is 12.8 Å². The Bertz CT molecular complexity index is 346. The first kappa shape index (κ1) is 9.61. The van der Waals surface area contributed by atoms with Crippen molar-refractivity contribution >= 4 is 17.3 Å². The fraction of sp³-hybridized carbons (Fsp3) is 0.556. The van der Waals surface area contributed by atoms with Crippen molar-refractivity contribution in [1.82, 2.24) is 4.98 Å². The van der Waals surface area contributed by atoms with Crippen molar-refractivity contribution in [3.05, 3.63) is 16.1 Å². The molecule has 1 heterocycles. The lowest BCUT2D eigenvalue weighted by molar-refractivity contribution is -0.138. The number of nitrogens with zero attached hydrogens (tertiary/aromatic N) is 1. The summed E-state index contributed by atoms with van der Waals surface area (Å²) in [5.41, 5.74) is 6.48. The Kier molecular flexibility index (Phi) is 2.52. The summed E-state index contributed by atoms with van der Waals surface area (Å²) < 4.78 is 0. The fourth-order valence-electron chi connectivity index (χ4n) is 1.44. The largest absolute Gasteiger partial charge is 0.480 e. The van der Waals surface area contributed by atoms with Crippen LogP contribution in [-0.2, 0) is 4.79 Å². The van der Waals surface area contributed by atoms with E-state index in [1.54, 1.807) is 0 Å². The van der Waals surface area contributed by atoms with Gasteiger partial charge in [0.25, 0.3) is 0 Å². The minimum absolute atomic E-state index is 0.513. The Morgan fingerprint density at radius 2 is 2.43 bits per heavy atom. The monoisotopic (exact) mass is 212 g/mol. The highest BCUT2D eigenvalue weighted by atomic mass is 32.1. The SMILES string of the molecule is NC(C(=O)O)c1nc(C2CCC2)cs1. The van der Waals surface area contributed by atoms with Crippen molar-refractivity contribution in [1.29, 1.82) is 0 Å². The first-order valence-electron chi connectivity index (χ1n) is 4.62. The maximum absolute atomic E-state index is 10.6. The van der Waals surface area contributed by atoms with E-state index >= 15 is 0 Å². The van der Waals surface area contributed by atoms with E-state index in [-0.39, 0.29) is 0 Å². The molecule has 0 aliphatic heterocycles. The van der Waals surface area contributed by atoms with Crippen molar-refractivity contribution in [3.63, 3.8) is 0 Å². The third-order valence-corrected chi connectivity index (χ3v) is 3.54. The molecule has 2 rings (SSSR count). The van der Waals surface area contributed by atoms with E-state index in [1.165, 1.54) is 30.6 Å². The number of hydrogen-bond acceptors (Lipinski definition) is 4. The van der Waals surface area contributed by atoms with Crippen LogP contribution in [-0.4, -0.2) is 16.1 Å². The van der Waals surface area contributed by atoms with Gasteiger partial charge in [0, 0.05) is 11.3 Å². The molecule has 1 unspecified atom stereocenters. The van der Waals surface area contributed by atoms with Gasteiger partial charge in [0.15, 0.2) is 6.04 Å². The minimum Gasteiger partial charge on any atom is -0.480 e. The van der Waals surface area contributed by atoms with Gasteiger partial charge in [-0.15, -0.1) is 11.3 Å². The molecule has 1 aliphatic carbocycles. The zero-order chi connectivity index (χ0) is 10.1. The molecular formula is C9H12N2O2S. The number of nitrogens with two attached hydrogens (primary N) is 1. The smallest absolute Gasteiger partial charge is 0.327 e. The summed E-state index contributed by atoms with van der Waals surface area (Å²) in [6, 6.07) is -0.964. The predicted octanol–water partition coefficient (Wildman–Crippen LogP) is 1.49. The molecule has 4 nitrogen and oxygen atoms in total. The van der Waals surface area contributed by atoms with Crippen molar-refractivity contribution in [2.75, 3.05) is 0 Å². The summed E-state index contributed by atoms with van der Waals surface area (Å²) in [5.74, 6) is -0.472. The van der Waals surface area contributed by atoms with Crippen LogP contribution >= 0.6 is 11.3 Å². The standard InChI is InChI=1S/C9H12N2O2S/c10-7(9(12)13)8-11-6(4-14-8)5-2-1-3-5/h4-5,7H,1-3,10H2,(H,12,13). The molecular weight excluding hydrogens is 200 g/mol. The lowest BCUT2D eigenvalue weighted by Gasteiger charge is -2.23. The Morgan fingerprint density at radius 3 is 2.93 bits per heavy atom. The zero-order valence-electron chi connectivity index (χ0n) is 7.64. The van der Waals surface area contributed by atoms with Crippen LogP contribution in [0.15, 0.2) is 5.38 Å². The Balaban J connectivity index is 2.12. The second-order valence-electron chi connectivity index (χ2n) is 3.55. The van der Waals surface area contributed by atoms with E-state index in [0.717, 1.165) is 5.69 Å². The lowest BCUT2D eigenvalue weighted by atomic mass is 9.83. The summed E-state index contributed by atoms with van der Waals surface area (Å²) in [7, 11) is 0. The normalized spacial score (nSPS) is 18.9. The topological polar surface area (TPSA) is 76.2 Å². The summed E-state index contributed by atoms with van der Waals surface area (Å²) in [6.45, 7) is 0. The second-order valence-corrected chi connectivity index (χ2v) is 4.44. The molecule has 0 amide bonds. The van der Waals surface area contributed by atoms with Crippen LogP contribution in [0.3, 0.4) is 0 Å². The fourth-order valence-corrected chi connectivity index (χ4v) is 2.33. The summed E-state index contributed by atoms with van der Waals surface area (Å²) in [5, 5.41) is 11.1. The Morgan fingerprint density at radius 1 is 1.71 bits per heavy atom. The summed E-state index contributed by atoms with van der Waals surface area (Å²) in [4.78, 5) is 14.9. The number of aromatic nitrogens is 1. The van der Waals surface area contributed by atoms with Crippen LogP contribution in [0.5, 0.6) is 0 Å². The van der Waals surface area contributed by atoms with Gasteiger partial charge in [0.2, 0.25) is 0 Å². The van der Waals surface area contributed by atoms with Crippen LogP contribution < -0.4 is 5.73 Å². The van der Waals surface area contributed by atoms with E-state index < -0.39 is 12.0 Å². The van der Waals surface area contributed by atoms with Gasteiger partial charge in [-0.25, -0.2) is 4.98 Å². The van der Waals surface area contributed by atoms with Crippen molar-refractivity contribution < 1.29 is 9.90 Å². The van der Waals surface area contributed by atoms with E-state index in [4.69, 9.17) is 10.8 Å². The van der Waals surface area contributed by atoms with Gasteiger partial charge in [0.05, 0.1) is 5.69 Å². The number of thiazole rings is 1. The number of hydrogen-bond donors (Lipinski definition) is 2. The van der Waals surface area contributed by atoms with E-state index in [9.17, 15) is 4.79 Å². The quantitative estimate of drug-likeness (QED) is 0.796. The number of carboxylic acid groups (broad SMARTS) is 1. The van der Waals surface area contributed by atoms with E-state index in [0.29, 0.717) is 10.9 Å². The molecule has 1 atom stereocenters. The number of carboxylic acids is 1. The molecule has 1 aromatic rings. The molecule has 0 bridgehead atoms. The summed E-state index contributed by atoms with van der Waals surface area (Å²) >= 11 is 1.35. The molecule has 14 heavy (non-hydrogen) atoms. The van der Waals surface area contributed by atoms with E-state index in [1.807, 2.05) is 5.38 Å². The molecule has 0 aromatic carbocycles. The average Bonchev–Trinajstić information content (AvgIpc) is 2.48. The van der Waals surface area contributed by atoms with Gasteiger partial charge in [-0.2, -0.15) is 0 Å². The average molecular weight is 212 g/mol. The van der Waals surface area contributed by atoms with Crippen LogP contribution in [0.4, 0.5) is 0 Å². The van der Waals surface area contributed by atoms with Crippen molar-refractivity contribution in [2.45, 2.75) is 31.2 Å². The highest BCUT2D eigenvalue weighted by molar-refractivity contribution is 7.09. The second kappa shape index (κ2) is 3.67. The minimum atomic E-state index is -1.01. The first-order chi connectivity index (χ1) is 6.68. The van der Waals surface area contributed by atoms with Crippen LogP contribution in [0, 0.1) is 0 Å².